The lowest BCUT2D eigenvalue weighted by Crippen LogP contribution is -2.61. The molecule has 1 fully saturated rings. The lowest BCUT2D eigenvalue weighted by atomic mass is 9.62. The molecule has 0 radical (unpaired) electrons. The molecule has 26 heavy (non-hydrogen) atoms. The molecule has 3 rings (SSSR count). The molecule has 1 spiro atoms. The average molecular weight is 367 g/mol. The lowest BCUT2D eigenvalue weighted by Gasteiger charge is -2.53. The molecular formula is C18H20F3N3O2. The van der Waals surface area contributed by atoms with E-state index in [1.54, 1.807) is 19.9 Å². The van der Waals surface area contributed by atoms with E-state index in [9.17, 15) is 22.8 Å². The Kier molecular flexibility index (Phi) is 3.94. The predicted octanol–water partition coefficient (Wildman–Crippen LogP) is 2.69. The Labute approximate surface area is 149 Å². The SMILES string of the molecule is Cc1nccc(C(F)(F)F)c1C(=O)N1CC2(C=C(N)C(=O)C(C)(C)C2)C1. The van der Waals surface area contributed by atoms with Crippen LogP contribution in [0.15, 0.2) is 24.0 Å². The van der Waals surface area contributed by atoms with Gasteiger partial charge in [0.1, 0.15) is 0 Å². The molecule has 1 aromatic heterocycles. The summed E-state index contributed by atoms with van der Waals surface area (Å²) < 4.78 is 39.8. The van der Waals surface area contributed by atoms with Crippen LogP contribution in [0.4, 0.5) is 13.2 Å². The van der Waals surface area contributed by atoms with Crippen molar-refractivity contribution in [2.75, 3.05) is 13.1 Å². The molecule has 2 aliphatic rings. The number of carbonyl (C=O) groups is 2. The second-order valence-corrected chi connectivity index (χ2v) is 7.83. The van der Waals surface area contributed by atoms with Gasteiger partial charge in [-0.1, -0.05) is 13.8 Å². The largest absolute Gasteiger partial charge is 0.417 e. The number of pyridine rings is 1. The fourth-order valence-electron chi connectivity index (χ4n) is 4.09. The Morgan fingerprint density at radius 2 is 1.92 bits per heavy atom. The van der Waals surface area contributed by atoms with Crippen LogP contribution in [0, 0.1) is 17.8 Å². The molecule has 1 aliphatic heterocycles. The zero-order valence-electron chi connectivity index (χ0n) is 14.8. The highest BCUT2D eigenvalue weighted by atomic mass is 19.4. The van der Waals surface area contributed by atoms with E-state index in [0.717, 1.165) is 12.3 Å². The number of halogens is 3. The van der Waals surface area contributed by atoms with Crippen LogP contribution in [-0.2, 0) is 11.0 Å². The van der Waals surface area contributed by atoms with E-state index in [0.29, 0.717) is 6.42 Å². The van der Waals surface area contributed by atoms with Gasteiger partial charge in [-0.25, -0.2) is 0 Å². The second-order valence-electron chi connectivity index (χ2n) is 7.83. The zero-order chi connectivity index (χ0) is 19.5. The lowest BCUT2D eigenvalue weighted by molar-refractivity contribution is -0.138. The summed E-state index contributed by atoms with van der Waals surface area (Å²) in [6.45, 7) is 5.42. The van der Waals surface area contributed by atoms with E-state index in [1.165, 1.54) is 11.8 Å². The molecule has 8 heteroatoms. The first kappa shape index (κ1) is 18.4. The van der Waals surface area contributed by atoms with Crippen molar-refractivity contribution in [3.8, 4) is 0 Å². The summed E-state index contributed by atoms with van der Waals surface area (Å²) in [5, 5.41) is 0. The van der Waals surface area contributed by atoms with Crippen molar-refractivity contribution >= 4 is 11.7 Å². The number of allylic oxidation sites excluding steroid dienone is 1. The summed E-state index contributed by atoms with van der Waals surface area (Å²) >= 11 is 0. The highest BCUT2D eigenvalue weighted by molar-refractivity contribution is 6.00. The number of nitrogens with two attached hydrogens (primary N) is 1. The number of amides is 1. The van der Waals surface area contributed by atoms with Gasteiger partial charge < -0.3 is 10.6 Å². The van der Waals surface area contributed by atoms with Crippen molar-refractivity contribution in [3.05, 3.63) is 40.9 Å². The molecular weight excluding hydrogens is 347 g/mol. The van der Waals surface area contributed by atoms with Gasteiger partial charge in [0, 0.05) is 30.1 Å². The first-order chi connectivity index (χ1) is 11.9. The average Bonchev–Trinajstić information content (AvgIpc) is 2.48. The Hall–Kier alpha value is -2.38. The molecule has 0 unspecified atom stereocenters. The standard InChI is InChI=1S/C18H20F3N3O2/c1-10-13(11(4-5-23-10)18(19,20)21)15(26)24-8-17(9-24)6-12(22)14(25)16(2,3)7-17/h4-6H,7-9,22H2,1-3H3. The summed E-state index contributed by atoms with van der Waals surface area (Å²) in [5.41, 5.74) is 3.50. The molecule has 0 atom stereocenters. The van der Waals surface area contributed by atoms with Crippen molar-refractivity contribution < 1.29 is 22.8 Å². The smallest absolute Gasteiger partial charge is 0.396 e. The Balaban J connectivity index is 1.87. The van der Waals surface area contributed by atoms with Crippen LogP contribution in [0.3, 0.4) is 0 Å². The first-order valence-corrected chi connectivity index (χ1v) is 8.22. The number of hydrogen-bond acceptors (Lipinski definition) is 4. The topological polar surface area (TPSA) is 76.3 Å². The van der Waals surface area contributed by atoms with Crippen LogP contribution in [-0.4, -0.2) is 34.7 Å². The maximum Gasteiger partial charge on any atom is 0.417 e. The number of alkyl halides is 3. The van der Waals surface area contributed by atoms with Crippen LogP contribution in [0.25, 0.3) is 0 Å². The van der Waals surface area contributed by atoms with Gasteiger partial charge in [-0.3, -0.25) is 14.6 Å². The van der Waals surface area contributed by atoms with Crippen molar-refractivity contribution in [1.29, 1.82) is 0 Å². The van der Waals surface area contributed by atoms with E-state index in [1.807, 2.05) is 0 Å². The Bertz CT molecular complexity index is 821. The number of hydrogen-bond donors (Lipinski definition) is 1. The second kappa shape index (κ2) is 5.56. The van der Waals surface area contributed by atoms with E-state index in [4.69, 9.17) is 5.73 Å². The minimum Gasteiger partial charge on any atom is -0.396 e. The van der Waals surface area contributed by atoms with E-state index in [2.05, 4.69) is 4.98 Å². The van der Waals surface area contributed by atoms with E-state index < -0.39 is 34.0 Å². The third-order valence-electron chi connectivity index (χ3n) is 5.09. The molecule has 1 saturated heterocycles. The van der Waals surface area contributed by atoms with Gasteiger partial charge in [-0.2, -0.15) is 13.2 Å². The molecule has 2 N–H and O–H groups in total. The molecule has 5 nitrogen and oxygen atoms in total. The number of rotatable bonds is 1. The summed E-state index contributed by atoms with van der Waals surface area (Å²) in [6, 6.07) is 0.816. The molecule has 1 aliphatic carbocycles. The minimum absolute atomic E-state index is 0.0417. The van der Waals surface area contributed by atoms with Gasteiger partial charge in [-0.05, 0) is 25.5 Å². The van der Waals surface area contributed by atoms with Crippen molar-refractivity contribution in [2.24, 2.45) is 16.6 Å². The number of aromatic nitrogens is 1. The summed E-state index contributed by atoms with van der Waals surface area (Å²) in [6.07, 6.45) is -1.43. The molecule has 1 aromatic rings. The van der Waals surface area contributed by atoms with Crippen LogP contribution in [0.2, 0.25) is 0 Å². The van der Waals surface area contributed by atoms with Gasteiger partial charge in [0.2, 0.25) is 0 Å². The van der Waals surface area contributed by atoms with Crippen LogP contribution >= 0.6 is 0 Å². The molecule has 0 bridgehead atoms. The third kappa shape index (κ3) is 2.87. The third-order valence-corrected chi connectivity index (χ3v) is 5.09. The van der Waals surface area contributed by atoms with Gasteiger partial charge in [0.25, 0.3) is 5.91 Å². The quantitative estimate of drug-likeness (QED) is 0.828. The van der Waals surface area contributed by atoms with Crippen molar-refractivity contribution in [2.45, 2.75) is 33.4 Å². The number of carbonyl (C=O) groups excluding carboxylic acids is 2. The molecule has 0 saturated carbocycles. The maximum absolute atomic E-state index is 13.3. The van der Waals surface area contributed by atoms with Crippen LogP contribution in [0.1, 0.15) is 41.9 Å². The number of nitrogens with zero attached hydrogens (tertiary/aromatic N) is 2. The molecule has 0 aromatic carbocycles. The molecule has 140 valence electrons. The van der Waals surface area contributed by atoms with Gasteiger partial charge in [-0.15, -0.1) is 0 Å². The van der Waals surface area contributed by atoms with Gasteiger partial charge in [0.15, 0.2) is 5.78 Å². The molecule has 1 amide bonds. The van der Waals surface area contributed by atoms with E-state index >= 15 is 0 Å². The number of Topliss-reactive ketones (excluding diaryl/α,β-unsaturated/α-hetero) is 1. The summed E-state index contributed by atoms with van der Waals surface area (Å²) in [7, 11) is 0. The van der Waals surface area contributed by atoms with Crippen LogP contribution < -0.4 is 5.73 Å². The van der Waals surface area contributed by atoms with Gasteiger partial charge >= 0.3 is 6.18 Å². The van der Waals surface area contributed by atoms with E-state index in [-0.39, 0.29) is 30.3 Å². The number of aryl methyl sites for hydroxylation is 1. The monoisotopic (exact) mass is 367 g/mol. The van der Waals surface area contributed by atoms with Gasteiger partial charge in [0.05, 0.1) is 22.5 Å². The number of ketones is 1. The predicted molar refractivity (Wildman–Crippen MR) is 88.0 cm³/mol. The normalized spacial score (nSPS) is 21.4. The van der Waals surface area contributed by atoms with Crippen molar-refractivity contribution in [1.82, 2.24) is 9.88 Å². The molecule has 2 heterocycles. The summed E-state index contributed by atoms with van der Waals surface area (Å²) in [5.74, 6) is -0.842. The van der Waals surface area contributed by atoms with Crippen LogP contribution in [0.5, 0.6) is 0 Å². The fourth-order valence-corrected chi connectivity index (χ4v) is 4.09. The highest BCUT2D eigenvalue weighted by Gasteiger charge is 2.52. The maximum atomic E-state index is 13.3. The number of likely N-dealkylation sites (tertiary alicyclic amines) is 1. The zero-order valence-corrected chi connectivity index (χ0v) is 14.8. The summed E-state index contributed by atoms with van der Waals surface area (Å²) in [4.78, 5) is 30.0. The van der Waals surface area contributed by atoms with Crippen molar-refractivity contribution in [3.63, 3.8) is 0 Å². The Morgan fingerprint density at radius 1 is 1.31 bits per heavy atom. The Morgan fingerprint density at radius 3 is 2.46 bits per heavy atom. The highest BCUT2D eigenvalue weighted by Crippen LogP contribution is 2.48. The first-order valence-electron chi connectivity index (χ1n) is 8.22. The minimum atomic E-state index is -4.63. The fraction of sp³-hybridized carbons (Fsp3) is 0.500.